The van der Waals surface area contributed by atoms with Crippen LogP contribution in [0.15, 0.2) is 0 Å². The molecule has 2 aliphatic heterocycles. The van der Waals surface area contributed by atoms with Crippen molar-refractivity contribution in [2.75, 3.05) is 26.2 Å². The van der Waals surface area contributed by atoms with E-state index >= 15 is 0 Å². The largest absolute Gasteiger partial charge is 0.332 e. The van der Waals surface area contributed by atoms with Crippen LogP contribution in [0.1, 0.15) is 39.0 Å². The van der Waals surface area contributed by atoms with Gasteiger partial charge in [0.1, 0.15) is 0 Å². The summed E-state index contributed by atoms with van der Waals surface area (Å²) in [5.41, 5.74) is -0.0383. The summed E-state index contributed by atoms with van der Waals surface area (Å²) in [6, 6.07) is 0.133. The standard InChI is InChI=1S/C12H23N3O/c1-12(6-7-13-10-12)14-11(16)15-8-4-2-3-5-9-15/h13H,2-10H2,1H3,(H,14,16). The zero-order chi connectivity index (χ0) is 11.4. The van der Waals surface area contributed by atoms with Crippen LogP contribution in [0.25, 0.3) is 0 Å². The van der Waals surface area contributed by atoms with Crippen LogP contribution in [0, 0.1) is 0 Å². The smallest absolute Gasteiger partial charge is 0.317 e. The lowest BCUT2D eigenvalue weighted by Crippen LogP contribution is -2.52. The van der Waals surface area contributed by atoms with Crippen LogP contribution in [0.2, 0.25) is 0 Å². The maximum atomic E-state index is 12.1. The molecule has 0 aromatic carbocycles. The minimum Gasteiger partial charge on any atom is -0.332 e. The van der Waals surface area contributed by atoms with Gasteiger partial charge >= 0.3 is 6.03 Å². The molecule has 2 rings (SSSR count). The Hall–Kier alpha value is -0.770. The summed E-state index contributed by atoms with van der Waals surface area (Å²) in [6.45, 7) is 5.89. The van der Waals surface area contributed by atoms with Crippen LogP contribution in [-0.4, -0.2) is 42.6 Å². The van der Waals surface area contributed by atoms with E-state index in [9.17, 15) is 4.79 Å². The number of hydrogen-bond donors (Lipinski definition) is 2. The number of nitrogens with one attached hydrogen (secondary N) is 2. The van der Waals surface area contributed by atoms with E-state index in [2.05, 4.69) is 17.6 Å². The highest BCUT2D eigenvalue weighted by Gasteiger charge is 2.31. The molecule has 2 fully saturated rings. The van der Waals surface area contributed by atoms with Crippen molar-refractivity contribution in [2.45, 2.75) is 44.6 Å². The van der Waals surface area contributed by atoms with Crippen molar-refractivity contribution < 1.29 is 4.79 Å². The summed E-state index contributed by atoms with van der Waals surface area (Å²) < 4.78 is 0. The molecule has 2 aliphatic rings. The van der Waals surface area contributed by atoms with E-state index in [1.807, 2.05) is 4.90 Å². The van der Waals surface area contributed by atoms with Crippen molar-refractivity contribution in [3.63, 3.8) is 0 Å². The van der Waals surface area contributed by atoms with Crippen LogP contribution in [0.3, 0.4) is 0 Å². The second-order valence-electron chi connectivity index (χ2n) is 5.32. The predicted molar refractivity (Wildman–Crippen MR) is 64.5 cm³/mol. The van der Waals surface area contributed by atoms with Crippen LogP contribution >= 0.6 is 0 Å². The molecule has 1 unspecified atom stereocenters. The number of amides is 2. The fourth-order valence-corrected chi connectivity index (χ4v) is 2.53. The van der Waals surface area contributed by atoms with Crippen molar-refractivity contribution in [1.29, 1.82) is 0 Å². The molecule has 2 heterocycles. The molecular formula is C12H23N3O. The molecule has 2 N–H and O–H groups in total. The number of likely N-dealkylation sites (tertiary alicyclic amines) is 1. The first kappa shape index (κ1) is 11.7. The third-order valence-electron chi connectivity index (χ3n) is 3.67. The van der Waals surface area contributed by atoms with Crippen molar-refractivity contribution in [3.8, 4) is 0 Å². The van der Waals surface area contributed by atoms with E-state index in [1.54, 1.807) is 0 Å². The Morgan fingerprint density at radius 3 is 2.50 bits per heavy atom. The highest BCUT2D eigenvalue weighted by atomic mass is 16.2. The topological polar surface area (TPSA) is 44.4 Å². The predicted octanol–water partition coefficient (Wildman–Crippen LogP) is 1.32. The molecule has 0 saturated carbocycles. The monoisotopic (exact) mass is 225 g/mol. The lowest BCUT2D eigenvalue weighted by molar-refractivity contribution is 0.188. The average Bonchev–Trinajstić information content (AvgIpc) is 2.56. The molecule has 2 saturated heterocycles. The molecule has 92 valence electrons. The number of hydrogen-bond acceptors (Lipinski definition) is 2. The van der Waals surface area contributed by atoms with Gasteiger partial charge in [-0.25, -0.2) is 4.79 Å². The Labute approximate surface area is 97.8 Å². The Kier molecular flexibility index (Phi) is 3.69. The summed E-state index contributed by atoms with van der Waals surface area (Å²) in [7, 11) is 0. The molecule has 1 atom stereocenters. The second kappa shape index (κ2) is 5.04. The SMILES string of the molecule is CC1(NC(=O)N2CCCCCC2)CCNC1. The molecule has 0 aromatic heterocycles. The van der Waals surface area contributed by atoms with Crippen LogP contribution in [0.4, 0.5) is 4.79 Å². The first-order chi connectivity index (χ1) is 7.70. The van der Waals surface area contributed by atoms with E-state index in [0.29, 0.717) is 0 Å². The molecule has 4 heteroatoms. The molecule has 2 amide bonds. The second-order valence-corrected chi connectivity index (χ2v) is 5.32. The van der Waals surface area contributed by atoms with Gasteiger partial charge in [-0.1, -0.05) is 12.8 Å². The van der Waals surface area contributed by atoms with Gasteiger partial charge in [0.2, 0.25) is 0 Å². The minimum absolute atomic E-state index is 0.0383. The summed E-state index contributed by atoms with van der Waals surface area (Å²) in [6.07, 6.45) is 5.88. The highest BCUT2D eigenvalue weighted by molar-refractivity contribution is 5.75. The molecule has 0 aliphatic carbocycles. The zero-order valence-corrected chi connectivity index (χ0v) is 10.2. The van der Waals surface area contributed by atoms with Crippen LogP contribution in [0.5, 0.6) is 0 Å². The summed E-state index contributed by atoms with van der Waals surface area (Å²) in [5, 5.41) is 6.48. The Morgan fingerprint density at radius 2 is 1.94 bits per heavy atom. The first-order valence-electron chi connectivity index (χ1n) is 6.47. The molecule has 0 bridgehead atoms. The van der Waals surface area contributed by atoms with Gasteiger partial charge in [0.15, 0.2) is 0 Å². The molecule has 16 heavy (non-hydrogen) atoms. The van der Waals surface area contributed by atoms with E-state index in [4.69, 9.17) is 0 Å². The number of carbonyl (C=O) groups excluding carboxylic acids is 1. The van der Waals surface area contributed by atoms with Crippen molar-refractivity contribution >= 4 is 6.03 Å². The average molecular weight is 225 g/mol. The van der Waals surface area contributed by atoms with Crippen LogP contribution in [-0.2, 0) is 0 Å². The van der Waals surface area contributed by atoms with Gasteiger partial charge in [0.25, 0.3) is 0 Å². The fourth-order valence-electron chi connectivity index (χ4n) is 2.53. The summed E-state index contributed by atoms with van der Waals surface area (Å²) >= 11 is 0. The van der Waals surface area contributed by atoms with Crippen molar-refractivity contribution in [1.82, 2.24) is 15.5 Å². The molecular weight excluding hydrogens is 202 g/mol. The van der Waals surface area contributed by atoms with E-state index in [0.717, 1.165) is 45.4 Å². The maximum absolute atomic E-state index is 12.1. The van der Waals surface area contributed by atoms with Gasteiger partial charge in [0, 0.05) is 19.6 Å². The van der Waals surface area contributed by atoms with Crippen molar-refractivity contribution in [3.05, 3.63) is 0 Å². The number of urea groups is 1. The highest BCUT2D eigenvalue weighted by Crippen LogP contribution is 2.15. The van der Waals surface area contributed by atoms with Crippen molar-refractivity contribution in [2.24, 2.45) is 0 Å². The van der Waals surface area contributed by atoms with Crippen LogP contribution < -0.4 is 10.6 Å². The van der Waals surface area contributed by atoms with E-state index in [-0.39, 0.29) is 11.6 Å². The molecule has 0 radical (unpaired) electrons. The van der Waals surface area contributed by atoms with Gasteiger partial charge in [0.05, 0.1) is 5.54 Å². The number of carbonyl (C=O) groups is 1. The fraction of sp³-hybridized carbons (Fsp3) is 0.917. The Balaban J connectivity index is 1.86. The summed E-state index contributed by atoms with van der Waals surface area (Å²) in [5.74, 6) is 0. The number of nitrogens with zero attached hydrogens (tertiary/aromatic N) is 1. The van der Waals surface area contributed by atoms with E-state index in [1.165, 1.54) is 12.8 Å². The van der Waals surface area contributed by atoms with Gasteiger partial charge in [-0.15, -0.1) is 0 Å². The maximum Gasteiger partial charge on any atom is 0.317 e. The van der Waals surface area contributed by atoms with Gasteiger partial charge in [-0.05, 0) is 32.7 Å². The molecule has 0 aromatic rings. The molecule has 0 spiro atoms. The lowest BCUT2D eigenvalue weighted by atomic mass is 10.0. The van der Waals surface area contributed by atoms with Gasteiger partial charge in [-0.2, -0.15) is 0 Å². The summed E-state index contributed by atoms with van der Waals surface area (Å²) in [4.78, 5) is 14.1. The normalized spacial score (nSPS) is 31.2. The third-order valence-corrected chi connectivity index (χ3v) is 3.67. The molecule has 4 nitrogen and oxygen atoms in total. The number of rotatable bonds is 1. The zero-order valence-electron chi connectivity index (χ0n) is 10.2. The van der Waals surface area contributed by atoms with Gasteiger partial charge < -0.3 is 15.5 Å². The minimum atomic E-state index is -0.0383. The first-order valence-corrected chi connectivity index (χ1v) is 6.47. The van der Waals surface area contributed by atoms with E-state index < -0.39 is 0 Å². The van der Waals surface area contributed by atoms with Gasteiger partial charge in [-0.3, -0.25) is 0 Å². The lowest BCUT2D eigenvalue weighted by Gasteiger charge is -2.29. The Morgan fingerprint density at radius 1 is 1.25 bits per heavy atom. The quantitative estimate of drug-likeness (QED) is 0.707. The Bertz CT molecular complexity index is 241. The third kappa shape index (κ3) is 2.88.